The van der Waals surface area contributed by atoms with Crippen molar-refractivity contribution in [3.63, 3.8) is 0 Å². The number of rotatable bonds is 11. The predicted molar refractivity (Wildman–Crippen MR) is 68.5 cm³/mol. The SMILES string of the molecule is CCCS(=O)COC(=O)CCCS(=O)COC=O. The van der Waals surface area contributed by atoms with Crippen LogP contribution in [-0.4, -0.2) is 44.2 Å². The largest absolute Gasteiger partial charge is 0.454 e. The average molecular weight is 298 g/mol. The highest BCUT2D eigenvalue weighted by Crippen LogP contribution is 1.98. The van der Waals surface area contributed by atoms with E-state index in [0.717, 1.165) is 6.42 Å². The van der Waals surface area contributed by atoms with E-state index < -0.39 is 27.6 Å². The Labute approximate surface area is 111 Å². The summed E-state index contributed by atoms with van der Waals surface area (Å²) in [5.41, 5.74) is 0. The van der Waals surface area contributed by atoms with Crippen LogP contribution in [0.4, 0.5) is 0 Å². The number of esters is 1. The maximum Gasteiger partial charge on any atom is 0.306 e. The summed E-state index contributed by atoms with van der Waals surface area (Å²) in [6, 6.07) is 0. The summed E-state index contributed by atoms with van der Waals surface area (Å²) in [6.45, 7) is 2.13. The molecule has 0 aromatic rings. The van der Waals surface area contributed by atoms with Gasteiger partial charge in [-0.2, -0.15) is 0 Å². The molecule has 106 valence electrons. The molecule has 0 fully saturated rings. The molecule has 0 rings (SSSR count). The smallest absolute Gasteiger partial charge is 0.306 e. The lowest BCUT2D eigenvalue weighted by Gasteiger charge is -2.04. The van der Waals surface area contributed by atoms with Gasteiger partial charge in [-0.25, -0.2) is 0 Å². The normalized spacial score (nSPS) is 13.6. The van der Waals surface area contributed by atoms with Crippen molar-refractivity contribution in [1.29, 1.82) is 0 Å². The molecular weight excluding hydrogens is 280 g/mol. The molecule has 0 aliphatic carbocycles. The molecule has 0 amide bonds. The summed E-state index contributed by atoms with van der Waals surface area (Å²) in [4.78, 5) is 21.0. The highest BCUT2D eigenvalue weighted by Gasteiger charge is 2.07. The van der Waals surface area contributed by atoms with Crippen LogP contribution >= 0.6 is 0 Å². The Morgan fingerprint density at radius 1 is 1.17 bits per heavy atom. The van der Waals surface area contributed by atoms with E-state index in [2.05, 4.69) is 4.74 Å². The van der Waals surface area contributed by atoms with Gasteiger partial charge in [0.2, 0.25) is 0 Å². The highest BCUT2D eigenvalue weighted by atomic mass is 32.2. The number of carbonyl (C=O) groups is 2. The van der Waals surface area contributed by atoms with E-state index in [1.807, 2.05) is 6.92 Å². The van der Waals surface area contributed by atoms with Gasteiger partial charge >= 0.3 is 5.97 Å². The first-order valence-electron chi connectivity index (χ1n) is 5.51. The fourth-order valence-corrected chi connectivity index (χ4v) is 2.66. The lowest BCUT2D eigenvalue weighted by Crippen LogP contribution is -2.13. The van der Waals surface area contributed by atoms with Crippen LogP contribution in [0.3, 0.4) is 0 Å². The van der Waals surface area contributed by atoms with E-state index in [1.165, 1.54) is 0 Å². The van der Waals surface area contributed by atoms with Crippen LogP contribution in [0.25, 0.3) is 0 Å². The molecule has 2 unspecified atom stereocenters. The van der Waals surface area contributed by atoms with Crippen LogP contribution in [-0.2, 0) is 40.7 Å². The summed E-state index contributed by atoms with van der Waals surface area (Å²) in [5, 5.41) is 0. The van der Waals surface area contributed by atoms with Gasteiger partial charge in [0.05, 0.1) is 21.6 Å². The molecule has 0 heterocycles. The molecule has 0 bridgehead atoms. The molecule has 0 N–H and O–H groups in total. The molecule has 0 aliphatic rings. The van der Waals surface area contributed by atoms with Crippen LogP contribution < -0.4 is 0 Å². The van der Waals surface area contributed by atoms with E-state index in [4.69, 9.17) is 4.74 Å². The number of carbonyl (C=O) groups excluding carboxylic acids is 2. The topological polar surface area (TPSA) is 86.7 Å². The van der Waals surface area contributed by atoms with Crippen LogP contribution in [0.1, 0.15) is 26.2 Å². The van der Waals surface area contributed by atoms with Gasteiger partial charge in [-0.1, -0.05) is 6.92 Å². The predicted octanol–water partition coefficient (Wildman–Crippen LogP) is 0.305. The van der Waals surface area contributed by atoms with E-state index in [0.29, 0.717) is 12.2 Å². The fourth-order valence-electron chi connectivity index (χ4n) is 1.03. The molecule has 18 heavy (non-hydrogen) atoms. The Kier molecular flexibility index (Phi) is 10.9. The second kappa shape index (κ2) is 11.3. The number of hydrogen-bond donors (Lipinski definition) is 0. The molecule has 0 aromatic heterocycles. The maximum atomic E-state index is 11.2. The van der Waals surface area contributed by atoms with Crippen molar-refractivity contribution in [3.8, 4) is 0 Å². The minimum Gasteiger partial charge on any atom is -0.454 e. The number of hydrogen-bond acceptors (Lipinski definition) is 6. The first-order chi connectivity index (χ1) is 8.60. The Morgan fingerprint density at radius 3 is 2.44 bits per heavy atom. The second-order valence-corrected chi connectivity index (χ2v) is 6.45. The average Bonchev–Trinajstić information content (AvgIpc) is 2.34. The third kappa shape index (κ3) is 10.4. The Morgan fingerprint density at radius 2 is 1.83 bits per heavy atom. The second-order valence-electron chi connectivity index (χ2n) is 3.41. The van der Waals surface area contributed by atoms with E-state index >= 15 is 0 Å². The molecule has 0 saturated carbocycles. The van der Waals surface area contributed by atoms with Crippen LogP contribution in [0.2, 0.25) is 0 Å². The standard InChI is InChI=1S/C10H18O6S2/c1-2-5-17(13)9-16-10(12)4-3-6-18(14)8-15-7-11/h7H,2-6,8-9H2,1H3. The zero-order chi connectivity index (χ0) is 13.8. The van der Waals surface area contributed by atoms with Crippen molar-refractivity contribution < 1.29 is 27.5 Å². The molecule has 8 heteroatoms. The first-order valence-corrected chi connectivity index (χ1v) is 8.48. The van der Waals surface area contributed by atoms with Gasteiger partial charge in [-0.15, -0.1) is 0 Å². The third-order valence-electron chi connectivity index (χ3n) is 1.80. The molecule has 6 nitrogen and oxygen atoms in total. The highest BCUT2D eigenvalue weighted by molar-refractivity contribution is 7.85. The number of ether oxygens (including phenoxy) is 2. The van der Waals surface area contributed by atoms with E-state index in [1.54, 1.807) is 0 Å². The van der Waals surface area contributed by atoms with Crippen molar-refractivity contribution in [2.75, 3.05) is 23.4 Å². The summed E-state index contributed by atoms with van der Waals surface area (Å²) in [7, 11) is -2.39. The Balaban J connectivity index is 3.55. The summed E-state index contributed by atoms with van der Waals surface area (Å²) < 4.78 is 31.5. The lowest BCUT2D eigenvalue weighted by molar-refractivity contribution is -0.141. The van der Waals surface area contributed by atoms with Crippen molar-refractivity contribution in [2.45, 2.75) is 26.2 Å². The molecule has 2 atom stereocenters. The summed E-state index contributed by atoms with van der Waals surface area (Å²) >= 11 is 0. The van der Waals surface area contributed by atoms with Crippen LogP contribution in [0, 0.1) is 0 Å². The van der Waals surface area contributed by atoms with Gasteiger partial charge in [-0.05, 0) is 12.8 Å². The minimum absolute atomic E-state index is 0.0793. The van der Waals surface area contributed by atoms with Gasteiger partial charge in [0.1, 0.15) is 0 Å². The minimum atomic E-state index is -1.27. The summed E-state index contributed by atoms with van der Waals surface area (Å²) in [6.07, 6.45) is 1.28. The first kappa shape index (κ1) is 17.2. The van der Waals surface area contributed by atoms with Crippen molar-refractivity contribution in [3.05, 3.63) is 0 Å². The molecule has 0 aromatic carbocycles. The Bertz CT molecular complexity index is 305. The zero-order valence-electron chi connectivity index (χ0n) is 10.3. The maximum absolute atomic E-state index is 11.2. The van der Waals surface area contributed by atoms with Gasteiger partial charge in [-0.3, -0.25) is 18.0 Å². The molecule has 0 saturated heterocycles. The van der Waals surface area contributed by atoms with Crippen molar-refractivity contribution in [2.24, 2.45) is 0 Å². The Hall–Kier alpha value is -0.760. The van der Waals surface area contributed by atoms with Gasteiger partial charge in [0.25, 0.3) is 6.47 Å². The van der Waals surface area contributed by atoms with Crippen LogP contribution in [0.5, 0.6) is 0 Å². The lowest BCUT2D eigenvalue weighted by atomic mass is 10.3. The van der Waals surface area contributed by atoms with Gasteiger partial charge < -0.3 is 9.47 Å². The molecule has 0 aliphatic heterocycles. The third-order valence-corrected chi connectivity index (χ3v) is 4.19. The van der Waals surface area contributed by atoms with Crippen molar-refractivity contribution in [1.82, 2.24) is 0 Å². The fraction of sp³-hybridized carbons (Fsp3) is 0.800. The monoisotopic (exact) mass is 298 g/mol. The van der Waals surface area contributed by atoms with Gasteiger partial charge in [0.15, 0.2) is 11.9 Å². The van der Waals surface area contributed by atoms with E-state index in [9.17, 15) is 18.0 Å². The van der Waals surface area contributed by atoms with Crippen LogP contribution in [0.15, 0.2) is 0 Å². The van der Waals surface area contributed by atoms with E-state index in [-0.39, 0.29) is 30.5 Å². The zero-order valence-corrected chi connectivity index (χ0v) is 11.9. The molecular formula is C10H18O6S2. The quantitative estimate of drug-likeness (QED) is 0.403. The van der Waals surface area contributed by atoms with Gasteiger partial charge in [0, 0.05) is 17.9 Å². The molecule has 0 radical (unpaired) electrons. The summed E-state index contributed by atoms with van der Waals surface area (Å²) in [5.74, 6) is 0.0949. The molecule has 0 spiro atoms. The van der Waals surface area contributed by atoms with Crippen molar-refractivity contribution >= 4 is 34.0 Å².